The molecular formula is C14H14N4OS. The molecule has 0 amide bonds. The van der Waals surface area contributed by atoms with Crippen molar-refractivity contribution in [2.75, 3.05) is 0 Å². The van der Waals surface area contributed by atoms with E-state index in [1.54, 1.807) is 40.6 Å². The number of aryl methyl sites for hydroxylation is 2. The second-order valence-corrected chi connectivity index (χ2v) is 5.79. The molecule has 102 valence electrons. The molecule has 0 spiro atoms. The zero-order valence-electron chi connectivity index (χ0n) is 11.3. The topological polar surface area (TPSA) is 60.7 Å². The molecule has 0 bridgehead atoms. The van der Waals surface area contributed by atoms with Crippen LogP contribution < -0.4 is 5.56 Å². The van der Waals surface area contributed by atoms with Gasteiger partial charge in [-0.2, -0.15) is 0 Å². The highest BCUT2D eigenvalue weighted by atomic mass is 32.1. The molecule has 6 heteroatoms. The largest absolute Gasteiger partial charge is 0.292 e. The van der Waals surface area contributed by atoms with Crippen LogP contribution in [0.3, 0.4) is 0 Å². The van der Waals surface area contributed by atoms with Crippen molar-refractivity contribution in [3.63, 3.8) is 0 Å². The first-order chi connectivity index (χ1) is 9.69. The van der Waals surface area contributed by atoms with Gasteiger partial charge in [0.2, 0.25) is 0 Å². The Hall–Kier alpha value is -2.08. The highest BCUT2D eigenvalue weighted by molar-refractivity contribution is 7.11. The van der Waals surface area contributed by atoms with E-state index in [2.05, 4.69) is 21.9 Å². The number of thiazole rings is 1. The van der Waals surface area contributed by atoms with Crippen LogP contribution in [-0.4, -0.2) is 19.5 Å². The lowest BCUT2D eigenvalue weighted by atomic mass is 10.3. The summed E-state index contributed by atoms with van der Waals surface area (Å²) in [6.45, 7) is 4.56. The van der Waals surface area contributed by atoms with Crippen LogP contribution in [0.25, 0.3) is 11.0 Å². The van der Waals surface area contributed by atoms with Crippen LogP contribution >= 0.6 is 11.3 Å². The van der Waals surface area contributed by atoms with Gasteiger partial charge in [-0.3, -0.25) is 9.36 Å². The number of rotatable bonds is 3. The second-order valence-electron chi connectivity index (χ2n) is 4.51. The molecule has 0 fully saturated rings. The highest BCUT2D eigenvalue weighted by Gasteiger charge is 2.10. The van der Waals surface area contributed by atoms with E-state index in [-0.39, 0.29) is 5.56 Å². The molecule has 0 aliphatic rings. The van der Waals surface area contributed by atoms with Gasteiger partial charge >= 0.3 is 0 Å². The van der Waals surface area contributed by atoms with Gasteiger partial charge < -0.3 is 0 Å². The van der Waals surface area contributed by atoms with Gasteiger partial charge in [0, 0.05) is 11.1 Å². The van der Waals surface area contributed by atoms with Gasteiger partial charge in [0.25, 0.3) is 5.56 Å². The Morgan fingerprint density at radius 1 is 1.35 bits per heavy atom. The van der Waals surface area contributed by atoms with Crippen molar-refractivity contribution in [2.45, 2.75) is 26.8 Å². The number of hydrogen-bond donors (Lipinski definition) is 0. The summed E-state index contributed by atoms with van der Waals surface area (Å²) in [5.41, 5.74) is 1.99. The number of hydrogen-bond acceptors (Lipinski definition) is 5. The maximum atomic E-state index is 12.4. The Kier molecular flexibility index (Phi) is 3.31. The number of pyridine rings is 1. The lowest BCUT2D eigenvalue weighted by Gasteiger charge is -2.05. The van der Waals surface area contributed by atoms with E-state index in [0.29, 0.717) is 17.6 Å². The Morgan fingerprint density at radius 2 is 2.20 bits per heavy atom. The summed E-state index contributed by atoms with van der Waals surface area (Å²) in [6, 6.07) is 3.57. The van der Waals surface area contributed by atoms with Crippen molar-refractivity contribution >= 4 is 22.4 Å². The van der Waals surface area contributed by atoms with Crippen molar-refractivity contribution in [1.82, 2.24) is 19.5 Å². The number of nitrogens with zero attached hydrogens (tertiary/aromatic N) is 4. The predicted octanol–water partition coefficient (Wildman–Crippen LogP) is 2.17. The van der Waals surface area contributed by atoms with Crippen molar-refractivity contribution in [2.24, 2.45) is 0 Å². The summed E-state index contributed by atoms with van der Waals surface area (Å²) in [6.07, 6.45) is 4.07. The van der Waals surface area contributed by atoms with Crippen LogP contribution in [0.4, 0.5) is 0 Å². The minimum atomic E-state index is -0.108. The summed E-state index contributed by atoms with van der Waals surface area (Å²) in [4.78, 5) is 26.4. The van der Waals surface area contributed by atoms with Crippen LogP contribution in [-0.2, 0) is 13.0 Å². The summed E-state index contributed by atoms with van der Waals surface area (Å²) in [7, 11) is 0. The molecule has 0 unspecified atom stereocenters. The standard InChI is InChI=1S/C14H14N4OS/c1-3-10-12(20-9(2)17-10)7-18-8-16-11-5-4-6-15-13(11)14(18)19/h4-6,8H,3,7H2,1-2H3. The van der Waals surface area contributed by atoms with E-state index in [1.165, 1.54) is 0 Å². The van der Waals surface area contributed by atoms with E-state index >= 15 is 0 Å². The minimum Gasteiger partial charge on any atom is -0.292 e. The van der Waals surface area contributed by atoms with E-state index in [1.807, 2.05) is 6.92 Å². The predicted molar refractivity (Wildman–Crippen MR) is 79.1 cm³/mol. The first-order valence-corrected chi connectivity index (χ1v) is 7.26. The molecule has 3 rings (SSSR count). The lowest BCUT2D eigenvalue weighted by molar-refractivity contribution is 0.746. The van der Waals surface area contributed by atoms with Crippen LogP contribution in [0.2, 0.25) is 0 Å². The van der Waals surface area contributed by atoms with Gasteiger partial charge in [0.05, 0.1) is 29.1 Å². The highest BCUT2D eigenvalue weighted by Crippen LogP contribution is 2.19. The SMILES string of the molecule is CCc1nc(C)sc1Cn1cnc2cccnc2c1=O. The molecule has 0 atom stereocenters. The Labute approximate surface area is 120 Å². The van der Waals surface area contributed by atoms with Gasteiger partial charge in [-0.1, -0.05) is 6.92 Å². The van der Waals surface area contributed by atoms with Gasteiger partial charge in [-0.25, -0.2) is 15.0 Å². The summed E-state index contributed by atoms with van der Waals surface area (Å²) in [5, 5.41) is 1.02. The first kappa shape index (κ1) is 12.9. The molecule has 20 heavy (non-hydrogen) atoms. The quantitative estimate of drug-likeness (QED) is 0.740. The average molecular weight is 286 g/mol. The summed E-state index contributed by atoms with van der Waals surface area (Å²) >= 11 is 1.63. The Balaban J connectivity index is 2.07. The lowest BCUT2D eigenvalue weighted by Crippen LogP contribution is -2.22. The maximum absolute atomic E-state index is 12.4. The summed E-state index contributed by atoms with van der Waals surface area (Å²) in [5.74, 6) is 0. The third-order valence-electron chi connectivity index (χ3n) is 3.12. The van der Waals surface area contributed by atoms with E-state index in [4.69, 9.17) is 0 Å². The molecule has 0 aromatic carbocycles. The van der Waals surface area contributed by atoms with Gasteiger partial charge in [-0.15, -0.1) is 11.3 Å². The normalized spacial score (nSPS) is 11.1. The molecule has 0 radical (unpaired) electrons. The Bertz CT molecular complexity index is 821. The summed E-state index contributed by atoms with van der Waals surface area (Å²) < 4.78 is 1.60. The van der Waals surface area contributed by atoms with Crippen LogP contribution in [0.15, 0.2) is 29.5 Å². The van der Waals surface area contributed by atoms with E-state index < -0.39 is 0 Å². The average Bonchev–Trinajstić information content (AvgIpc) is 2.82. The third-order valence-corrected chi connectivity index (χ3v) is 4.12. The minimum absolute atomic E-state index is 0.108. The van der Waals surface area contributed by atoms with Crippen LogP contribution in [0.1, 0.15) is 22.5 Å². The monoisotopic (exact) mass is 286 g/mol. The zero-order valence-corrected chi connectivity index (χ0v) is 12.1. The van der Waals surface area contributed by atoms with Crippen molar-refractivity contribution in [1.29, 1.82) is 0 Å². The fourth-order valence-corrected chi connectivity index (χ4v) is 3.19. The second kappa shape index (κ2) is 5.13. The van der Waals surface area contributed by atoms with Crippen LogP contribution in [0.5, 0.6) is 0 Å². The Morgan fingerprint density at radius 3 is 3.00 bits per heavy atom. The van der Waals surface area contributed by atoms with Gasteiger partial charge in [-0.05, 0) is 25.5 Å². The van der Waals surface area contributed by atoms with E-state index in [9.17, 15) is 4.79 Å². The van der Waals surface area contributed by atoms with Crippen molar-refractivity contribution < 1.29 is 0 Å². The molecule has 3 heterocycles. The van der Waals surface area contributed by atoms with Gasteiger partial charge in [0.1, 0.15) is 0 Å². The molecule has 3 aromatic heterocycles. The zero-order chi connectivity index (χ0) is 14.1. The van der Waals surface area contributed by atoms with Crippen molar-refractivity contribution in [3.05, 3.63) is 50.6 Å². The molecular weight excluding hydrogens is 272 g/mol. The number of aromatic nitrogens is 4. The molecule has 5 nitrogen and oxygen atoms in total. The molecule has 0 N–H and O–H groups in total. The molecule has 0 saturated carbocycles. The number of fused-ring (bicyclic) bond motifs is 1. The van der Waals surface area contributed by atoms with Crippen molar-refractivity contribution in [3.8, 4) is 0 Å². The smallest absolute Gasteiger partial charge is 0.280 e. The fraction of sp³-hybridized carbons (Fsp3) is 0.286. The fourth-order valence-electron chi connectivity index (χ4n) is 2.17. The van der Waals surface area contributed by atoms with Gasteiger partial charge in [0.15, 0.2) is 5.52 Å². The first-order valence-electron chi connectivity index (χ1n) is 6.44. The van der Waals surface area contributed by atoms with Crippen LogP contribution in [0, 0.1) is 6.92 Å². The van der Waals surface area contributed by atoms with E-state index in [0.717, 1.165) is 22.0 Å². The molecule has 0 saturated heterocycles. The third kappa shape index (κ3) is 2.22. The molecule has 0 aliphatic heterocycles. The molecule has 0 aliphatic carbocycles. The molecule has 3 aromatic rings. The maximum Gasteiger partial charge on any atom is 0.280 e.